The highest BCUT2D eigenvalue weighted by Crippen LogP contribution is 2.29. The molecule has 3 heteroatoms. The van der Waals surface area contributed by atoms with Gasteiger partial charge < -0.3 is 9.84 Å². The van der Waals surface area contributed by atoms with Crippen LogP contribution in [-0.4, -0.2) is 11.7 Å². The standard InChI is InChI=1S/C14H22N2O/c1-10-5-4-6-11(2)14(10)9-15-8-13-7-12(3)16-17-13/h5,7,11,14-15H,4,6,8-9H2,1-3H3/t11-,14+/m1/s1. The van der Waals surface area contributed by atoms with E-state index in [1.807, 2.05) is 13.0 Å². The van der Waals surface area contributed by atoms with Gasteiger partial charge in [-0.15, -0.1) is 0 Å². The van der Waals surface area contributed by atoms with Crippen LogP contribution in [-0.2, 0) is 6.54 Å². The Morgan fingerprint density at radius 1 is 1.47 bits per heavy atom. The monoisotopic (exact) mass is 234 g/mol. The van der Waals surface area contributed by atoms with Crippen LogP contribution in [0.5, 0.6) is 0 Å². The summed E-state index contributed by atoms with van der Waals surface area (Å²) in [6.45, 7) is 8.35. The molecule has 1 aliphatic carbocycles. The minimum Gasteiger partial charge on any atom is -0.360 e. The van der Waals surface area contributed by atoms with Crippen LogP contribution in [0.25, 0.3) is 0 Å². The maximum atomic E-state index is 5.18. The molecule has 0 spiro atoms. The molecule has 0 fully saturated rings. The van der Waals surface area contributed by atoms with E-state index in [-0.39, 0.29) is 0 Å². The molecule has 0 saturated heterocycles. The van der Waals surface area contributed by atoms with E-state index in [0.717, 1.165) is 30.5 Å². The summed E-state index contributed by atoms with van der Waals surface area (Å²) in [7, 11) is 0. The van der Waals surface area contributed by atoms with Gasteiger partial charge in [0.15, 0.2) is 5.76 Å². The molecule has 2 atom stereocenters. The fourth-order valence-corrected chi connectivity index (χ4v) is 2.59. The number of allylic oxidation sites excluding steroid dienone is 1. The average molecular weight is 234 g/mol. The Labute approximate surface area is 103 Å². The number of rotatable bonds is 4. The van der Waals surface area contributed by atoms with Crippen molar-refractivity contribution in [2.75, 3.05) is 6.54 Å². The Balaban J connectivity index is 1.81. The first-order valence-corrected chi connectivity index (χ1v) is 6.46. The van der Waals surface area contributed by atoms with Crippen molar-refractivity contribution in [1.82, 2.24) is 10.5 Å². The lowest BCUT2D eigenvalue weighted by molar-refractivity contribution is 0.331. The van der Waals surface area contributed by atoms with Crippen molar-refractivity contribution >= 4 is 0 Å². The Bertz CT molecular complexity index is 395. The molecular formula is C14H22N2O. The fourth-order valence-electron chi connectivity index (χ4n) is 2.59. The lowest BCUT2D eigenvalue weighted by Gasteiger charge is -2.28. The predicted octanol–water partition coefficient (Wildman–Crippen LogP) is 3.07. The van der Waals surface area contributed by atoms with Gasteiger partial charge in [0.2, 0.25) is 0 Å². The highest BCUT2D eigenvalue weighted by Gasteiger charge is 2.21. The fraction of sp³-hybridized carbons (Fsp3) is 0.643. The molecule has 1 N–H and O–H groups in total. The van der Waals surface area contributed by atoms with Crippen molar-refractivity contribution in [3.05, 3.63) is 29.2 Å². The molecule has 0 aromatic carbocycles. The van der Waals surface area contributed by atoms with E-state index in [9.17, 15) is 0 Å². The number of hydrogen-bond acceptors (Lipinski definition) is 3. The molecule has 3 nitrogen and oxygen atoms in total. The zero-order valence-electron chi connectivity index (χ0n) is 11.0. The summed E-state index contributed by atoms with van der Waals surface area (Å²) in [6, 6.07) is 1.99. The van der Waals surface area contributed by atoms with E-state index >= 15 is 0 Å². The van der Waals surface area contributed by atoms with Crippen molar-refractivity contribution in [3.63, 3.8) is 0 Å². The SMILES string of the molecule is CC1=CCC[C@@H](C)[C@H]1CNCc1cc(C)no1. The van der Waals surface area contributed by atoms with Crippen molar-refractivity contribution in [1.29, 1.82) is 0 Å². The van der Waals surface area contributed by atoms with E-state index in [4.69, 9.17) is 4.52 Å². The minimum atomic E-state index is 0.674. The molecule has 0 radical (unpaired) electrons. The van der Waals surface area contributed by atoms with E-state index in [1.165, 1.54) is 18.4 Å². The zero-order chi connectivity index (χ0) is 12.3. The molecule has 1 aromatic rings. The molecule has 0 amide bonds. The second kappa shape index (κ2) is 5.50. The van der Waals surface area contributed by atoms with Crippen LogP contribution in [0, 0.1) is 18.8 Å². The van der Waals surface area contributed by atoms with Gasteiger partial charge in [-0.25, -0.2) is 0 Å². The summed E-state index contributed by atoms with van der Waals surface area (Å²) in [5, 5.41) is 7.36. The van der Waals surface area contributed by atoms with Gasteiger partial charge in [-0.1, -0.05) is 23.7 Å². The quantitative estimate of drug-likeness (QED) is 0.814. The van der Waals surface area contributed by atoms with E-state index in [2.05, 4.69) is 30.4 Å². The molecule has 2 rings (SSSR count). The highest BCUT2D eigenvalue weighted by molar-refractivity contribution is 5.09. The Kier molecular flexibility index (Phi) is 4.00. The summed E-state index contributed by atoms with van der Waals surface area (Å²) in [6.07, 6.45) is 4.93. The lowest BCUT2D eigenvalue weighted by atomic mass is 9.80. The predicted molar refractivity (Wildman–Crippen MR) is 68.6 cm³/mol. The number of nitrogens with zero attached hydrogens (tertiary/aromatic N) is 1. The smallest absolute Gasteiger partial charge is 0.150 e. The van der Waals surface area contributed by atoms with Gasteiger partial charge in [-0.3, -0.25) is 0 Å². The Morgan fingerprint density at radius 3 is 2.94 bits per heavy atom. The largest absolute Gasteiger partial charge is 0.360 e. The van der Waals surface area contributed by atoms with Gasteiger partial charge in [-0.05, 0) is 38.5 Å². The average Bonchev–Trinajstić information content (AvgIpc) is 2.69. The van der Waals surface area contributed by atoms with Crippen LogP contribution < -0.4 is 5.32 Å². The molecule has 1 aromatic heterocycles. The van der Waals surface area contributed by atoms with Crippen molar-refractivity contribution in [2.24, 2.45) is 11.8 Å². The third-order valence-corrected chi connectivity index (χ3v) is 3.70. The molecule has 1 heterocycles. The molecule has 17 heavy (non-hydrogen) atoms. The number of nitrogens with one attached hydrogen (secondary N) is 1. The molecule has 1 aliphatic rings. The second-order valence-electron chi connectivity index (χ2n) is 5.17. The van der Waals surface area contributed by atoms with Gasteiger partial charge in [-0.2, -0.15) is 0 Å². The molecule has 0 bridgehead atoms. The van der Waals surface area contributed by atoms with Gasteiger partial charge in [0, 0.05) is 12.6 Å². The highest BCUT2D eigenvalue weighted by atomic mass is 16.5. The van der Waals surface area contributed by atoms with Crippen molar-refractivity contribution in [3.8, 4) is 0 Å². The molecule has 0 aliphatic heterocycles. The first kappa shape index (κ1) is 12.4. The van der Waals surface area contributed by atoms with Crippen LogP contribution in [0.4, 0.5) is 0 Å². The third kappa shape index (κ3) is 3.19. The van der Waals surface area contributed by atoms with Crippen molar-refractivity contribution in [2.45, 2.75) is 40.2 Å². The first-order chi connectivity index (χ1) is 8.16. The van der Waals surface area contributed by atoms with Gasteiger partial charge in [0.25, 0.3) is 0 Å². The molecular weight excluding hydrogens is 212 g/mol. The van der Waals surface area contributed by atoms with Crippen LogP contribution in [0.1, 0.15) is 38.1 Å². The molecule has 0 saturated carbocycles. The van der Waals surface area contributed by atoms with Gasteiger partial charge >= 0.3 is 0 Å². The number of aromatic nitrogens is 1. The Morgan fingerprint density at radius 2 is 2.29 bits per heavy atom. The summed E-state index contributed by atoms with van der Waals surface area (Å²) < 4.78 is 5.18. The third-order valence-electron chi connectivity index (χ3n) is 3.70. The summed E-state index contributed by atoms with van der Waals surface area (Å²) in [5.74, 6) is 2.38. The summed E-state index contributed by atoms with van der Waals surface area (Å²) in [5.41, 5.74) is 2.48. The van der Waals surface area contributed by atoms with Crippen LogP contribution in [0.2, 0.25) is 0 Å². The maximum absolute atomic E-state index is 5.18. The second-order valence-corrected chi connectivity index (χ2v) is 5.17. The maximum Gasteiger partial charge on any atom is 0.150 e. The summed E-state index contributed by atoms with van der Waals surface area (Å²) >= 11 is 0. The van der Waals surface area contributed by atoms with Gasteiger partial charge in [0.1, 0.15) is 0 Å². The zero-order valence-corrected chi connectivity index (χ0v) is 11.0. The molecule has 94 valence electrons. The lowest BCUT2D eigenvalue weighted by Crippen LogP contribution is -2.29. The van der Waals surface area contributed by atoms with E-state index in [0.29, 0.717) is 5.92 Å². The summed E-state index contributed by atoms with van der Waals surface area (Å²) in [4.78, 5) is 0. The number of aryl methyl sites for hydroxylation is 1. The van der Waals surface area contributed by atoms with Crippen molar-refractivity contribution < 1.29 is 4.52 Å². The van der Waals surface area contributed by atoms with Crippen LogP contribution in [0.3, 0.4) is 0 Å². The van der Waals surface area contributed by atoms with Crippen LogP contribution in [0.15, 0.2) is 22.2 Å². The number of hydrogen-bond donors (Lipinski definition) is 1. The first-order valence-electron chi connectivity index (χ1n) is 6.46. The minimum absolute atomic E-state index is 0.674. The molecule has 0 unspecified atom stereocenters. The Hall–Kier alpha value is -1.09. The normalized spacial score (nSPS) is 24.8. The van der Waals surface area contributed by atoms with Crippen LogP contribution >= 0.6 is 0 Å². The van der Waals surface area contributed by atoms with Gasteiger partial charge in [0.05, 0.1) is 12.2 Å². The topological polar surface area (TPSA) is 38.1 Å². The van der Waals surface area contributed by atoms with E-state index in [1.54, 1.807) is 0 Å². The van der Waals surface area contributed by atoms with E-state index < -0.39 is 0 Å².